The molecule has 0 amide bonds. The quantitative estimate of drug-likeness (QED) is 0.376. The Bertz CT molecular complexity index is 184. The summed E-state index contributed by atoms with van der Waals surface area (Å²) in [5.41, 5.74) is 2.91. The average molecular weight is 218 g/mol. The minimum atomic E-state index is -2.68. The first-order valence-electron chi connectivity index (χ1n) is 4.39. The molecule has 0 aromatic rings. The van der Waals surface area contributed by atoms with Crippen LogP contribution in [0.5, 0.6) is 0 Å². The molecule has 0 fully saturated rings. The number of unbranched alkanes of at least 4 members (excludes halogenated alkanes) is 1. The van der Waals surface area contributed by atoms with Gasteiger partial charge in [-0.2, -0.15) is 0 Å². The van der Waals surface area contributed by atoms with Crippen LogP contribution in [-0.2, 0) is 18.0 Å². The average Bonchev–Trinajstić information content (AvgIpc) is 2.24. The standard InChI is InChI=1S/C9H18O4Si/c1-10-8-6-5-7-9-14(11-2,12-3)13-4/h5-6,8H2,1-4H3. The minimum absolute atomic E-state index is 0.718. The molecular weight excluding hydrogens is 200 g/mol. The van der Waals surface area contributed by atoms with Crippen LogP contribution in [0.25, 0.3) is 0 Å². The van der Waals surface area contributed by atoms with E-state index in [4.69, 9.17) is 18.0 Å². The van der Waals surface area contributed by atoms with Crippen molar-refractivity contribution in [2.45, 2.75) is 12.8 Å². The van der Waals surface area contributed by atoms with Crippen LogP contribution in [0.15, 0.2) is 0 Å². The molecule has 0 saturated carbocycles. The lowest BCUT2D eigenvalue weighted by Gasteiger charge is -2.17. The number of hydrogen-bond donors (Lipinski definition) is 0. The van der Waals surface area contributed by atoms with Crippen molar-refractivity contribution in [2.24, 2.45) is 0 Å². The fraction of sp³-hybridized carbons (Fsp3) is 0.778. The van der Waals surface area contributed by atoms with Crippen molar-refractivity contribution >= 4 is 8.80 Å². The summed E-state index contributed by atoms with van der Waals surface area (Å²) in [6, 6.07) is 0. The van der Waals surface area contributed by atoms with Gasteiger partial charge in [0.25, 0.3) is 0 Å². The molecule has 0 aliphatic rings. The summed E-state index contributed by atoms with van der Waals surface area (Å²) in [6.07, 6.45) is 1.67. The molecule has 0 aliphatic carbocycles. The molecule has 0 unspecified atom stereocenters. The molecule has 82 valence electrons. The van der Waals surface area contributed by atoms with E-state index >= 15 is 0 Å². The van der Waals surface area contributed by atoms with E-state index in [2.05, 4.69) is 11.5 Å². The molecule has 14 heavy (non-hydrogen) atoms. The van der Waals surface area contributed by atoms with Gasteiger partial charge in [0, 0.05) is 41.5 Å². The third-order valence-electron chi connectivity index (χ3n) is 1.70. The topological polar surface area (TPSA) is 36.9 Å². The zero-order chi connectivity index (χ0) is 10.9. The summed E-state index contributed by atoms with van der Waals surface area (Å²) in [6.45, 7) is 0.718. The van der Waals surface area contributed by atoms with Crippen LogP contribution in [0, 0.1) is 11.5 Å². The van der Waals surface area contributed by atoms with Gasteiger partial charge in [-0.1, -0.05) is 0 Å². The summed E-state index contributed by atoms with van der Waals surface area (Å²) < 4.78 is 20.3. The second kappa shape index (κ2) is 7.97. The lowest BCUT2D eigenvalue weighted by molar-refractivity contribution is 0.141. The van der Waals surface area contributed by atoms with Gasteiger partial charge in [0.05, 0.1) is 0 Å². The molecule has 0 aromatic carbocycles. The van der Waals surface area contributed by atoms with Gasteiger partial charge in [-0.3, -0.25) is 0 Å². The Morgan fingerprint density at radius 3 is 2.00 bits per heavy atom. The summed E-state index contributed by atoms with van der Waals surface area (Å²) in [5.74, 6) is 2.97. The number of ether oxygens (including phenoxy) is 1. The molecule has 0 heterocycles. The van der Waals surface area contributed by atoms with Crippen LogP contribution >= 0.6 is 0 Å². The van der Waals surface area contributed by atoms with Gasteiger partial charge >= 0.3 is 8.80 Å². The largest absolute Gasteiger partial charge is 0.590 e. The Morgan fingerprint density at radius 2 is 1.57 bits per heavy atom. The number of methoxy groups -OCH3 is 1. The van der Waals surface area contributed by atoms with Crippen molar-refractivity contribution in [3.05, 3.63) is 0 Å². The highest BCUT2D eigenvalue weighted by molar-refractivity contribution is 6.69. The van der Waals surface area contributed by atoms with Crippen LogP contribution in [-0.4, -0.2) is 43.9 Å². The maximum Gasteiger partial charge on any atom is 0.590 e. The highest BCUT2D eigenvalue weighted by Crippen LogP contribution is 2.03. The SMILES string of the molecule is COCCCC#C[Si](OC)(OC)OC. The normalized spacial score (nSPS) is 10.9. The van der Waals surface area contributed by atoms with Gasteiger partial charge in [0.1, 0.15) is 0 Å². The summed E-state index contributed by atoms with van der Waals surface area (Å²) in [5, 5.41) is 0. The van der Waals surface area contributed by atoms with Crippen molar-refractivity contribution < 1.29 is 18.0 Å². The Hall–Kier alpha value is -0.383. The first-order valence-corrected chi connectivity index (χ1v) is 6.11. The highest BCUT2D eigenvalue weighted by Gasteiger charge is 2.36. The predicted octanol–water partition coefficient (Wildman–Crippen LogP) is 0.834. The van der Waals surface area contributed by atoms with Crippen LogP contribution in [0.2, 0.25) is 0 Å². The zero-order valence-electron chi connectivity index (χ0n) is 9.25. The van der Waals surface area contributed by atoms with Gasteiger partial charge in [0.15, 0.2) is 0 Å². The molecule has 0 spiro atoms. The lowest BCUT2D eigenvalue weighted by Crippen LogP contribution is -2.41. The molecule has 5 heteroatoms. The molecule has 0 bridgehead atoms. The number of hydrogen-bond acceptors (Lipinski definition) is 4. The third kappa shape index (κ3) is 4.74. The van der Waals surface area contributed by atoms with E-state index in [0.717, 1.165) is 19.4 Å². The van der Waals surface area contributed by atoms with Crippen molar-refractivity contribution in [3.63, 3.8) is 0 Å². The van der Waals surface area contributed by atoms with E-state index in [9.17, 15) is 0 Å². The summed E-state index contributed by atoms with van der Waals surface area (Å²) in [4.78, 5) is 0. The van der Waals surface area contributed by atoms with E-state index in [1.54, 1.807) is 28.4 Å². The minimum Gasteiger partial charge on any atom is -0.385 e. The second-order valence-corrected chi connectivity index (χ2v) is 5.15. The first kappa shape index (κ1) is 13.6. The van der Waals surface area contributed by atoms with Gasteiger partial charge in [-0.25, -0.2) is 0 Å². The van der Waals surface area contributed by atoms with Gasteiger partial charge in [-0.05, 0) is 12.0 Å². The molecule has 0 radical (unpaired) electrons. The molecule has 0 aliphatic heterocycles. The second-order valence-electron chi connectivity index (χ2n) is 2.57. The van der Waals surface area contributed by atoms with Crippen molar-refractivity contribution in [3.8, 4) is 11.5 Å². The van der Waals surface area contributed by atoms with E-state index in [-0.39, 0.29) is 0 Å². The van der Waals surface area contributed by atoms with Crippen molar-refractivity contribution in [1.29, 1.82) is 0 Å². The Labute approximate surface area is 86.9 Å². The van der Waals surface area contributed by atoms with E-state index in [1.165, 1.54) is 0 Å². The third-order valence-corrected chi connectivity index (χ3v) is 3.79. The van der Waals surface area contributed by atoms with Crippen LogP contribution < -0.4 is 0 Å². The highest BCUT2D eigenvalue weighted by atomic mass is 28.4. The van der Waals surface area contributed by atoms with Crippen LogP contribution in [0.1, 0.15) is 12.8 Å². The molecule has 0 aromatic heterocycles. The Morgan fingerprint density at radius 1 is 1.00 bits per heavy atom. The summed E-state index contributed by atoms with van der Waals surface area (Å²) >= 11 is 0. The maximum atomic E-state index is 5.13. The maximum absolute atomic E-state index is 5.13. The Kier molecular flexibility index (Phi) is 7.75. The van der Waals surface area contributed by atoms with Crippen molar-refractivity contribution in [1.82, 2.24) is 0 Å². The van der Waals surface area contributed by atoms with Gasteiger partial charge in [-0.15, -0.1) is 5.92 Å². The van der Waals surface area contributed by atoms with Gasteiger partial charge < -0.3 is 18.0 Å². The lowest BCUT2D eigenvalue weighted by atomic mass is 10.3. The fourth-order valence-corrected chi connectivity index (χ4v) is 2.03. The zero-order valence-corrected chi connectivity index (χ0v) is 10.3. The van der Waals surface area contributed by atoms with Crippen LogP contribution in [0.4, 0.5) is 0 Å². The molecule has 0 N–H and O–H groups in total. The van der Waals surface area contributed by atoms with E-state index in [1.807, 2.05) is 0 Å². The van der Waals surface area contributed by atoms with E-state index < -0.39 is 8.80 Å². The fourth-order valence-electron chi connectivity index (χ4n) is 0.879. The molecular formula is C9H18O4Si. The van der Waals surface area contributed by atoms with Crippen LogP contribution in [0.3, 0.4) is 0 Å². The monoisotopic (exact) mass is 218 g/mol. The molecule has 0 saturated heterocycles. The van der Waals surface area contributed by atoms with E-state index in [0.29, 0.717) is 0 Å². The number of rotatable bonds is 6. The molecule has 0 atom stereocenters. The Balaban J connectivity index is 4.00. The molecule has 0 rings (SSSR count). The predicted molar refractivity (Wildman–Crippen MR) is 55.7 cm³/mol. The van der Waals surface area contributed by atoms with Crippen molar-refractivity contribution in [2.75, 3.05) is 35.0 Å². The first-order chi connectivity index (χ1) is 6.74. The van der Waals surface area contributed by atoms with Gasteiger partial charge in [0.2, 0.25) is 0 Å². The smallest absolute Gasteiger partial charge is 0.385 e. The summed E-state index contributed by atoms with van der Waals surface area (Å²) in [7, 11) is 3.63. The molecule has 4 nitrogen and oxygen atoms in total.